The zero-order valence-corrected chi connectivity index (χ0v) is 10.0. The highest BCUT2D eigenvalue weighted by Crippen LogP contribution is 2.12. The van der Waals surface area contributed by atoms with Gasteiger partial charge in [0, 0.05) is 30.6 Å². The molecule has 15 heavy (non-hydrogen) atoms. The first-order valence-corrected chi connectivity index (χ1v) is 6.25. The van der Waals surface area contributed by atoms with E-state index in [1.54, 1.807) is 6.20 Å². The lowest BCUT2D eigenvalue weighted by Gasteiger charge is -2.17. The second-order valence-electron chi connectivity index (χ2n) is 3.39. The van der Waals surface area contributed by atoms with Crippen LogP contribution in [0.3, 0.4) is 0 Å². The van der Waals surface area contributed by atoms with Gasteiger partial charge in [-0.3, -0.25) is 0 Å². The number of aromatic nitrogens is 1. The smallest absolute Gasteiger partial charge is 0.144 e. The van der Waals surface area contributed by atoms with Crippen LogP contribution >= 0.6 is 11.8 Å². The van der Waals surface area contributed by atoms with Crippen molar-refractivity contribution in [2.45, 2.75) is 6.54 Å². The first-order valence-electron chi connectivity index (χ1n) is 4.86. The van der Waals surface area contributed by atoms with Crippen molar-refractivity contribution in [3.63, 3.8) is 0 Å². The number of nitrogens with zero attached hydrogens (tertiary/aromatic N) is 2. The standard InChI is InChI=1S/C10H18N4S/c1-14(6-7-15-2)8-9-4-3-5-12-10(9)13-11/h3-5H,6-8,11H2,1-2H3,(H,12,13). The predicted octanol–water partition coefficient (Wildman–Crippen LogP) is 1.16. The van der Waals surface area contributed by atoms with E-state index in [9.17, 15) is 0 Å². The van der Waals surface area contributed by atoms with Gasteiger partial charge in [0.05, 0.1) is 0 Å². The molecule has 0 unspecified atom stereocenters. The fourth-order valence-corrected chi connectivity index (χ4v) is 1.81. The van der Waals surface area contributed by atoms with E-state index in [4.69, 9.17) is 5.84 Å². The molecule has 0 atom stereocenters. The molecule has 3 N–H and O–H groups in total. The Kier molecular flexibility index (Phi) is 5.45. The van der Waals surface area contributed by atoms with Crippen LogP contribution in [0.15, 0.2) is 18.3 Å². The van der Waals surface area contributed by atoms with Crippen molar-refractivity contribution in [1.82, 2.24) is 9.88 Å². The van der Waals surface area contributed by atoms with Crippen LogP contribution in [-0.2, 0) is 6.54 Å². The first-order chi connectivity index (χ1) is 7.27. The van der Waals surface area contributed by atoms with Gasteiger partial charge >= 0.3 is 0 Å². The first kappa shape index (κ1) is 12.3. The summed E-state index contributed by atoms with van der Waals surface area (Å²) in [6, 6.07) is 3.97. The third kappa shape index (κ3) is 4.07. The minimum Gasteiger partial charge on any atom is -0.308 e. The number of rotatable bonds is 6. The third-order valence-corrected chi connectivity index (χ3v) is 2.74. The fraction of sp³-hybridized carbons (Fsp3) is 0.500. The Bertz CT molecular complexity index is 293. The summed E-state index contributed by atoms with van der Waals surface area (Å²) in [7, 11) is 2.10. The lowest BCUT2D eigenvalue weighted by Crippen LogP contribution is -2.22. The summed E-state index contributed by atoms with van der Waals surface area (Å²) in [5, 5.41) is 0. The number of hydrazine groups is 1. The summed E-state index contributed by atoms with van der Waals surface area (Å²) in [4.78, 5) is 6.42. The maximum atomic E-state index is 5.39. The fourth-order valence-electron chi connectivity index (χ4n) is 1.31. The number of thioether (sulfide) groups is 1. The Morgan fingerprint density at radius 3 is 3.07 bits per heavy atom. The monoisotopic (exact) mass is 226 g/mol. The van der Waals surface area contributed by atoms with Crippen LogP contribution < -0.4 is 11.3 Å². The van der Waals surface area contributed by atoms with Crippen LogP contribution in [0.4, 0.5) is 5.82 Å². The van der Waals surface area contributed by atoms with E-state index in [0.717, 1.165) is 30.2 Å². The summed E-state index contributed by atoms with van der Waals surface area (Å²) < 4.78 is 0. The van der Waals surface area contributed by atoms with E-state index >= 15 is 0 Å². The highest BCUT2D eigenvalue weighted by molar-refractivity contribution is 7.98. The highest BCUT2D eigenvalue weighted by Gasteiger charge is 2.04. The zero-order chi connectivity index (χ0) is 11.1. The largest absolute Gasteiger partial charge is 0.308 e. The van der Waals surface area contributed by atoms with Crippen molar-refractivity contribution in [2.24, 2.45) is 5.84 Å². The van der Waals surface area contributed by atoms with Gasteiger partial charge in [0.25, 0.3) is 0 Å². The van der Waals surface area contributed by atoms with Crippen LogP contribution in [0.1, 0.15) is 5.56 Å². The maximum absolute atomic E-state index is 5.39. The van der Waals surface area contributed by atoms with Crippen LogP contribution in [0.25, 0.3) is 0 Å². The second-order valence-corrected chi connectivity index (χ2v) is 4.37. The molecule has 84 valence electrons. The Morgan fingerprint density at radius 1 is 1.60 bits per heavy atom. The normalized spacial score (nSPS) is 10.7. The lowest BCUT2D eigenvalue weighted by molar-refractivity contribution is 0.349. The number of nitrogen functional groups attached to an aromatic ring is 1. The number of anilines is 1. The molecule has 1 heterocycles. The van der Waals surface area contributed by atoms with Crippen molar-refractivity contribution >= 4 is 17.6 Å². The topological polar surface area (TPSA) is 54.2 Å². The SMILES string of the molecule is CSCCN(C)Cc1cccnc1NN. The Hall–Kier alpha value is -0.780. The Labute approximate surface area is 95.2 Å². The molecule has 0 aliphatic carbocycles. The van der Waals surface area contributed by atoms with Gasteiger partial charge in [-0.2, -0.15) is 11.8 Å². The van der Waals surface area contributed by atoms with E-state index in [-0.39, 0.29) is 0 Å². The summed E-state index contributed by atoms with van der Waals surface area (Å²) >= 11 is 1.85. The molecule has 0 fully saturated rings. The molecule has 1 aromatic heterocycles. The minimum absolute atomic E-state index is 0.758. The molecule has 5 heteroatoms. The van der Waals surface area contributed by atoms with Gasteiger partial charge in [-0.1, -0.05) is 6.07 Å². The summed E-state index contributed by atoms with van der Waals surface area (Å²) in [6.45, 7) is 1.94. The van der Waals surface area contributed by atoms with Gasteiger partial charge < -0.3 is 10.3 Å². The molecular weight excluding hydrogens is 208 g/mol. The van der Waals surface area contributed by atoms with Crippen molar-refractivity contribution in [1.29, 1.82) is 0 Å². The Morgan fingerprint density at radius 2 is 2.40 bits per heavy atom. The lowest BCUT2D eigenvalue weighted by atomic mass is 10.2. The van der Waals surface area contributed by atoms with Gasteiger partial charge in [0.1, 0.15) is 5.82 Å². The molecule has 0 radical (unpaired) electrons. The van der Waals surface area contributed by atoms with E-state index in [1.165, 1.54) is 0 Å². The van der Waals surface area contributed by atoms with Crippen LogP contribution in [0.5, 0.6) is 0 Å². The van der Waals surface area contributed by atoms with E-state index in [0.29, 0.717) is 0 Å². The second kappa shape index (κ2) is 6.66. The molecule has 1 rings (SSSR count). The molecule has 0 saturated carbocycles. The van der Waals surface area contributed by atoms with Crippen LogP contribution in [0.2, 0.25) is 0 Å². The van der Waals surface area contributed by atoms with Gasteiger partial charge in [-0.05, 0) is 19.4 Å². The molecule has 0 bridgehead atoms. The number of nitrogens with one attached hydrogen (secondary N) is 1. The maximum Gasteiger partial charge on any atom is 0.144 e. The summed E-state index contributed by atoms with van der Waals surface area (Å²) in [5.41, 5.74) is 3.74. The van der Waals surface area contributed by atoms with E-state index in [2.05, 4.69) is 28.6 Å². The van der Waals surface area contributed by atoms with Gasteiger partial charge in [-0.25, -0.2) is 10.8 Å². The predicted molar refractivity (Wildman–Crippen MR) is 66.8 cm³/mol. The molecule has 0 amide bonds. The van der Waals surface area contributed by atoms with Crippen molar-refractivity contribution in [3.8, 4) is 0 Å². The average Bonchev–Trinajstić information content (AvgIpc) is 2.27. The molecule has 0 aliphatic rings. The van der Waals surface area contributed by atoms with Crippen LogP contribution in [0, 0.1) is 0 Å². The Balaban J connectivity index is 2.55. The number of nitrogens with two attached hydrogens (primary N) is 1. The minimum atomic E-state index is 0.758. The van der Waals surface area contributed by atoms with Crippen molar-refractivity contribution in [2.75, 3.05) is 31.0 Å². The molecule has 0 aromatic carbocycles. The average molecular weight is 226 g/mol. The van der Waals surface area contributed by atoms with Crippen molar-refractivity contribution in [3.05, 3.63) is 23.9 Å². The molecule has 1 aromatic rings. The van der Waals surface area contributed by atoms with Gasteiger partial charge in [0.2, 0.25) is 0 Å². The summed E-state index contributed by atoms with van der Waals surface area (Å²) in [6.07, 6.45) is 3.85. The molecule has 0 saturated heterocycles. The van der Waals surface area contributed by atoms with Crippen molar-refractivity contribution < 1.29 is 0 Å². The number of hydrogen-bond acceptors (Lipinski definition) is 5. The third-order valence-electron chi connectivity index (χ3n) is 2.15. The molecule has 0 aliphatic heterocycles. The number of hydrogen-bond donors (Lipinski definition) is 2. The van der Waals surface area contributed by atoms with E-state index < -0.39 is 0 Å². The van der Waals surface area contributed by atoms with E-state index in [1.807, 2.05) is 23.9 Å². The van der Waals surface area contributed by atoms with Gasteiger partial charge in [-0.15, -0.1) is 0 Å². The zero-order valence-electron chi connectivity index (χ0n) is 9.23. The van der Waals surface area contributed by atoms with Gasteiger partial charge in [0.15, 0.2) is 0 Å². The van der Waals surface area contributed by atoms with Crippen LogP contribution in [-0.4, -0.2) is 35.5 Å². The summed E-state index contributed by atoms with van der Waals surface area (Å²) in [5.74, 6) is 7.29. The molecular formula is C10H18N4S. The molecule has 0 spiro atoms. The quantitative estimate of drug-likeness (QED) is 0.563. The highest BCUT2D eigenvalue weighted by atomic mass is 32.2. The molecule has 4 nitrogen and oxygen atoms in total. The number of pyridine rings is 1.